The molecule has 1 fully saturated rings. The van der Waals surface area contributed by atoms with Crippen LogP contribution >= 0.6 is 0 Å². The van der Waals surface area contributed by atoms with Gasteiger partial charge in [-0.1, -0.05) is 54.6 Å². The molecule has 6 rings (SSSR count). The lowest BCUT2D eigenvalue weighted by Gasteiger charge is -2.36. The molecule has 5 aromatic rings. The molecule has 8 nitrogen and oxygen atoms in total. The van der Waals surface area contributed by atoms with E-state index in [1.165, 1.54) is 21.6 Å². The van der Waals surface area contributed by atoms with Crippen molar-refractivity contribution in [1.29, 1.82) is 0 Å². The summed E-state index contributed by atoms with van der Waals surface area (Å²) in [6.45, 7) is 1.77. The Morgan fingerprint density at radius 3 is 2.50 bits per heavy atom. The first-order valence-corrected chi connectivity index (χ1v) is 11.8. The summed E-state index contributed by atoms with van der Waals surface area (Å²) >= 11 is 0. The number of hydrogen-bond acceptors (Lipinski definition) is 5. The van der Waals surface area contributed by atoms with Crippen LogP contribution in [0.1, 0.15) is 0 Å². The molecule has 0 saturated carbocycles. The van der Waals surface area contributed by atoms with Crippen LogP contribution in [0.5, 0.6) is 0 Å². The zero-order chi connectivity index (χ0) is 24.6. The summed E-state index contributed by atoms with van der Waals surface area (Å²) in [6.07, 6.45) is 1.45. The topological polar surface area (TPSA) is 75.7 Å². The van der Waals surface area contributed by atoms with Crippen LogP contribution in [0.2, 0.25) is 0 Å². The summed E-state index contributed by atoms with van der Waals surface area (Å²) in [5.41, 5.74) is 2.10. The van der Waals surface area contributed by atoms with Crippen LogP contribution in [0.4, 0.5) is 10.1 Å². The van der Waals surface area contributed by atoms with Gasteiger partial charge in [0.05, 0.1) is 11.4 Å². The van der Waals surface area contributed by atoms with E-state index in [0.717, 1.165) is 16.3 Å². The lowest BCUT2D eigenvalue weighted by Crippen LogP contribution is -2.50. The highest BCUT2D eigenvalue weighted by Crippen LogP contribution is 2.27. The molecule has 180 valence electrons. The molecule has 0 unspecified atom stereocenters. The molecular formula is C27H23FN6O2. The fourth-order valence-corrected chi connectivity index (χ4v) is 4.76. The van der Waals surface area contributed by atoms with Gasteiger partial charge in [-0.2, -0.15) is 10.2 Å². The van der Waals surface area contributed by atoms with Crippen LogP contribution < -0.4 is 10.5 Å². The number of carbonyl (C=O) groups is 1. The van der Waals surface area contributed by atoms with Crippen LogP contribution in [0.3, 0.4) is 0 Å². The van der Waals surface area contributed by atoms with E-state index in [1.807, 2.05) is 47.4 Å². The van der Waals surface area contributed by atoms with Gasteiger partial charge in [0.1, 0.15) is 24.2 Å². The van der Waals surface area contributed by atoms with Gasteiger partial charge in [0.25, 0.3) is 5.56 Å². The van der Waals surface area contributed by atoms with Gasteiger partial charge in [0.15, 0.2) is 0 Å². The van der Waals surface area contributed by atoms with Crippen molar-refractivity contribution in [1.82, 2.24) is 24.3 Å². The number of carbonyl (C=O) groups excluding carboxylic acids is 1. The molecular weight excluding hydrogens is 459 g/mol. The number of halogens is 1. The van der Waals surface area contributed by atoms with Crippen LogP contribution in [-0.4, -0.2) is 56.4 Å². The molecule has 9 heteroatoms. The molecule has 36 heavy (non-hydrogen) atoms. The largest absolute Gasteiger partial charge is 0.366 e. The Bertz CT molecular complexity index is 1650. The normalized spacial score (nSPS) is 14.0. The van der Waals surface area contributed by atoms with Crippen molar-refractivity contribution in [2.45, 2.75) is 6.54 Å². The fourth-order valence-electron chi connectivity index (χ4n) is 4.76. The van der Waals surface area contributed by atoms with E-state index >= 15 is 0 Å². The Morgan fingerprint density at radius 2 is 1.67 bits per heavy atom. The molecule has 0 atom stereocenters. The maximum Gasteiger partial charge on any atom is 0.293 e. The third kappa shape index (κ3) is 3.88. The van der Waals surface area contributed by atoms with Gasteiger partial charge in [-0.25, -0.2) is 13.6 Å². The van der Waals surface area contributed by atoms with Crippen molar-refractivity contribution in [3.63, 3.8) is 0 Å². The number of hydrogen-bond donors (Lipinski definition) is 0. The average Bonchev–Trinajstić information content (AvgIpc) is 3.35. The highest BCUT2D eigenvalue weighted by molar-refractivity contribution is 5.96. The van der Waals surface area contributed by atoms with Crippen LogP contribution in [-0.2, 0) is 11.3 Å². The monoisotopic (exact) mass is 482 g/mol. The SMILES string of the molecule is O=C(Cn1ncn2nc(-c3cccc4ccccc34)cc2c1=O)N1CCN(c2ccccc2F)CC1. The molecule has 0 radical (unpaired) electrons. The maximum absolute atomic E-state index is 14.1. The molecule has 1 aliphatic heterocycles. The first-order valence-electron chi connectivity index (χ1n) is 11.8. The maximum atomic E-state index is 14.1. The number of anilines is 1. The zero-order valence-corrected chi connectivity index (χ0v) is 19.4. The Labute approximate surface area is 205 Å². The molecule has 2 aromatic heterocycles. The number of aromatic nitrogens is 4. The molecule has 0 spiro atoms. The summed E-state index contributed by atoms with van der Waals surface area (Å²) < 4.78 is 16.7. The van der Waals surface area contributed by atoms with Crippen molar-refractivity contribution < 1.29 is 9.18 Å². The molecule has 1 aliphatic rings. The van der Waals surface area contributed by atoms with Crippen LogP contribution in [0, 0.1) is 5.82 Å². The average molecular weight is 483 g/mol. The first-order chi connectivity index (χ1) is 17.6. The van der Waals surface area contributed by atoms with Gasteiger partial charge in [-0.15, -0.1) is 0 Å². The highest BCUT2D eigenvalue weighted by atomic mass is 19.1. The van der Waals surface area contributed by atoms with E-state index in [4.69, 9.17) is 0 Å². The molecule has 1 saturated heterocycles. The minimum absolute atomic E-state index is 0.163. The number of nitrogens with zero attached hydrogens (tertiary/aromatic N) is 6. The lowest BCUT2D eigenvalue weighted by atomic mass is 10.0. The quantitative estimate of drug-likeness (QED) is 0.393. The standard InChI is InChI=1S/C27H23FN6O2/c28-22-10-3-4-11-24(22)31-12-14-32(15-13-31)26(35)17-33-27(36)25-16-23(30-34(25)18-29-33)21-9-5-7-19-6-1-2-8-20(19)21/h1-11,16,18H,12-15,17H2. The summed E-state index contributed by atoms with van der Waals surface area (Å²) in [4.78, 5) is 29.7. The number of rotatable bonds is 4. The van der Waals surface area contributed by atoms with E-state index in [2.05, 4.69) is 10.2 Å². The summed E-state index contributed by atoms with van der Waals surface area (Å²) in [5.74, 6) is -0.471. The van der Waals surface area contributed by atoms with Gasteiger partial charge in [-0.3, -0.25) is 9.59 Å². The van der Waals surface area contributed by atoms with E-state index in [1.54, 1.807) is 29.2 Å². The minimum Gasteiger partial charge on any atom is -0.366 e. The Hall–Kier alpha value is -4.53. The molecule has 0 bridgehead atoms. The third-order valence-corrected chi connectivity index (χ3v) is 6.67. The Balaban J connectivity index is 1.21. The Morgan fingerprint density at radius 1 is 0.917 bits per heavy atom. The highest BCUT2D eigenvalue weighted by Gasteiger charge is 2.23. The smallest absolute Gasteiger partial charge is 0.293 e. The van der Waals surface area contributed by atoms with E-state index < -0.39 is 0 Å². The first kappa shape index (κ1) is 22.0. The number of para-hydroxylation sites is 1. The molecule has 0 aliphatic carbocycles. The fraction of sp³-hybridized carbons (Fsp3) is 0.185. The predicted molar refractivity (Wildman–Crippen MR) is 135 cm³/mol. The van der Waals surface area contributed by atoms with Crippen LogP contribution in [0.25, 0.3) is 27.5 Å². The molecule has 1 amide bonds. The predicted octanol–water partition coefficient (Wildman–Crippen LogP) is 3.20. The second-order valence-corrected chi connectivity index (χ2v) is 8.80. The summed E-state index contributed by atoms with van der Waals surface area (Å²) in [6, 6.07) is 22.3. The van der Waals surface area contributed by atoms with Gasteiger partial charge >= 0.3 is 0 Å². The Kier molecular flexibility index (Phi) is 5.44. The molecule has 0 N–H and O–H groups in total. The summed E-state index contributed by atoms with van der Waals surface area (Å²) in [7, 11) is 0. The van der Waals surface area contributed by atoms with Crippen LogP contribution in [0.15, 0.2) is 83.9 Å². The van der Waals surface area contributed by atoms with Gasteiger partial charge < -0.3 is 9.80 Å². The van der Waals surface area contributed by atoms with Crippen molar-refractivity contribution in [3.05, 3.63) is 95.3 Å². The second-order valence-electron chi connectivity index (χ2n) is 8.80. The van der Waals surface area contributed by atoms with Gasteiger partial charge in [0, 0.05) is 31.7 Å². The van der Waals surface area contributed by atoms with Crippen molar-refractivity contribution in [2.75, 3.05) is 31.1 Å². The van der Waals surface area contributed by atoms with E-state index in [9.17, 15) is 14.0 Å². The molecule has 3 aromatic carbocycles. The summed E-state index contributed by atoms with van der Waals surface area (Å²) in [5, 5.41) is 10.9. The zero-order valence-electron chi connectivity index (χ0n) is 19.4. The number of piperazine rings is 1. The minimum atomic E-state index is -0.380. The van der Waals surface area contributed by atoms with Gasteiger partial charge in [-0.05, 0) is 29.0 Å². The van der Waals surface area contributed by atoms with Crippen molar-refractivity contribution in [2.24, 2.45) is 0 Å². The van der Waals surface area contributed by atoms with Crippen molar-refractivity contribution >= 4 is 27.9 Å². The van der Waals surface area contributed by atoms with E-state index in [0.29, 0.717) is 43.1 Å². The number of fused-ring (bicyclic) bond motifs is 2. The number of benzene rings is 3. The van der Waals surface area contributed by atoms with Gasteiger partial charge in [0.2, 0.25) is 5.91 Å². The third-order valence-electron chi connectivity index (χ3n) is 6.67. The number of amides is 1. The molecule has 3 heterocycles. The lowest BCUT2D eigenvalue weighted by molar-refractivity contribution is -0.132. The second kappa shape index (κ2) is 8.92. The van der Waals surface area contributed by atoms with Crippen molar-refractivity contribution in [3.8, 4) is 11.3 Å². The van der Waals surface area contributed by atoms with E-state index in [-0.39, 0.29) is 23.8 Å².